The second-order valence-corrected chi connectivity index (χ2v) is 8.32. The van der Waals surface area contributed by atoms with Gasteiger partial charge in [0.1, 0.15) is 17.2 Å². The fourth-order valence-electron chi connectivity index (χ4n) is 4.26. The Morgan fingerprint density at radius 1 is 0.889 bits per heavy atom. The van der Waals surface area contributed by atoms with E-state index in [2.05, 4.69) is 15.6 Å². The van der Waals surface area contributed by atoms with E-state index in [1.54, 1.807) is 31.3 Å². The summed E-state index contributed by atoms with van der Waals surface area (Å²) in [6.07, 6.45) is 3.87. The van der Waals surface area contributed by atoms with Gasteiger partial charge in [0, 0.05) is 30.9 Å². The van der Waals surface area contributed by atoms with Crippen LogP contribution in [-0.4, -0.2) is 51.2 Å². The van der Waals surface area contributed by atoms with Crippen molar-refractivity contribution in [2.24, 2.45) is 0 Å². The molecule has 0 radical (unpaired) electrons. The minimum atomic E-state index is -0.281. The number of nitrogens with zero attached hydrogens (tertiary/aromatic N) is 1. The number of rotatable bonds is 8. The zero-order valence-electron chi connectivity index (χ0n) is 20.7. The molecule has 1 aliphatic carbocycles. The van der Waals surface area contributed by atoms with Crippen LogP contribution in [0.1, 0.15) is 38.4 Å². The van der Waals surface area contributed by atoms with Gasteiger partial charge in [0.15, 0.2) is 11.5 Å². The number of amides is 2. The van der Waals surface area contributed by atoms with Crippen molar-refractivity contribution in [3.05, 3.63) is 71.0 Å². The first-order chi connectivity index (χ1) is 17.4. The van der Waals surface area contributed by atoms with Gasteiger partial charge in [0.05, 0.1) is 21.3 Å². The molecule has 0 aliphatic heterocycles. The monoisotopic (exact) mass is 491 g/mol. The van der Waals surface area contributed by atoms with E-state index in [9.17, 15) is 9.59 Å². The summed E-state index contributed by atoms with van der Waals surface area (Å²) in [5.74, 6) is 1.96. The molecule has 2 N–H and O–H groups in total. The number of nitrogens with one attached hydrogen (secondary N) is 2. The molecule has 3 aromatic rings. The maximum Gasteiger partial charge on any atom is 0.269 e. The van der Waals surface area contributed by atoms with Crippen molar-refractivity contribution in [1.29, 1.82) is 0 Å². The fraction of sp³-hybridized carbons (Fsp3) is 0.296. The van der Waals surface area contributed by atoms with Crippen molar-refractivity contribution >= 4 is 11.8 Å². The van der Waals surface area contributed by atoms with E-state index >= 15 is 0 Å². The molecule has 4 rings (SSSR count). The molecule has 9 heteroatoms. The quantitative estimate of drug-likeness (QED) is 0.496. The Balaban J connectivity index is 1.47. The zero-order chi connectivity index (χ0) is 25.7. The molecular formula is C27H29N3O6. The van der Waals surface area contributed by atoms with Crippen LogP contribution in [0.15, 0.2) is 48.7 Å². The molecule has 9 nitrogen and oxygen atoms in total. The number of hydrogen-bond acceptors (Lipinski definition) is 7. The van der Waals surface area contributed by atoms with Gasteiger partial charge in [-0.25, -0.2) is 0 Å². The van der Waals surface area contributed by atoms with Gasteiger partial charge in [-0.15, -0.1) is 0 Å². The molecule has 188 valence electrons. The number of hydrogen-bond donors (Lipinski definition) is 2. The molecule has 1 atom stereocenters. The standard InChI is InChI=1S/C27H29N3O6/c1-28-27(32)22-15-21(9-10-29-22)36-20-8-6-16-5-7-19(11-17(16)12-20)30-26(31)18-13-23(33-2)25(35-4)24(14-18)34-3/h6,8-10,12-15,19H,5,7,11H2,1-4H3,(H,28,32)(H,30,31). The van der Waals surface area contributed by atoms with Crippen LogP contribution in [0.2, 0.25) is 0 Å². The summed E-state index contributed by atoms with van der Waals surface area (Å²) in [4.78, 5) is 29.0. The van der Waals surface area contributed by atoms with E-state index in [0.29, 0.717) is 40.7 Å². The largest absolute Gasteiger partial charge is 0.493 e. The van der Waals surface area contributed by atoms with E-state index in [-0.39, 0.29) is 23.6 Å². The lowest BCUT2D eigenvalue weighted by atomic mass is 9.88. The van der Waals surface area contributed by atoms with Crippen LogP contribution in [0.25, 0.3) is 0 Å². The van der Waals surface area contributed by atoms with Gasteiger partial charge in [-0.1, -0.05) is 6.07 Å². The highest BCUT2D eigenvalue weighted by molar-refractivity contribution is 5.96. The van der Waals surface area contributed by atoms with Crippen molar-refractivity contribution in [1.82, 2.24) is 15.6 Å². The van der Waals surface area contributed by atoms with Gasteiger partial charge in [0.2, 0.25) is 5.75 Å². The summed E-state index contributed by atoms with van der Waals surface area (Å²) >= 11 is 0. The summed E-state index contributed by atoms with van der Waals surface area (Å²) in [6.45, 7) is 0. The molecule has 0 bridgehead atoms. The third-order valence-corrected chi connectivity index (χ3v) is 6.10. The molecule has 0 saturated carbocycles. The molecule has 2 amide bonds. The lowest BCUT2D eigenvalue weighted by Crippen LogP contribution is -2.38. The molecular weight excluding hydrogens is 462 g/mol. The minimum Gasteiger partial charge on any atom is -0.493 e. The Morgan fingerprint density at radius 3 is 2.28 bits per heavy atom. The summed E-state index contributed by atoms with van der Waals surface area (Å²) < 4.78 is 22.1. The second-order valence-electron chi connectivity index (χ2n) is 8.32. The lowest BCUT2D eigenvalue weighted by Gasteiger charge is -2.26. The van der Waals surface area contributed by atoms with Crippen molar-refractivity contribution in [3.8, 4) is 28.7 Å². The normalized spacial score (nSPS) is 14.3. The first-order valence-electron chi connectivity index (χ1n) is 11.5. The highest BCUT2D eigenvalue weighted by atomic mass is 16.5. The zero-order valence-corrected chi connectivity index (χ0v) is 20.7. The SMILES string of the molecule is CNC(=O)c1cc(Oc2ccc3c(c2)CC(NC(=O)c2cc(OC)c(OC)c(OC)c2)CC3)ccn1. The number of pyridine rings is 1. The number of carbonyl (C=O) groups is 2. The van der Waals surface area contributed by atoms with Gasteiger partial charge in [-0.2, -0.15) is 0 Å². The van der Waals surface area contributed by atoms with Crippen LogP contribution in [0, 0.1) is 0 Å². The van der Waals surface area contributed by atoms with Gasteiger partial charge in [-0.3, -0.25) is 14.6 Å². The van der Waals surface area contributed by atoms with E-state index in [1.807, 2.05) is 18.2 Å². The van der Waals surface area contributed by atoms with Crippen molar-refractivity contribution < 1.29 is 28.5 Å². The number of fused-ring (bicyclic) bond motifs is 1. The molecule has 0 saturated heterocycles. The van der Waals surface area contributed by atoms with Crippen molar-refractivity contribution in [2.75, 3.05) is 28.4 Å². The molecule has 0 fully saturated rings. The Bertz CT molecular complexity index is 1250. The highest BCUT2D eigenvalue weighted by Gasteiger charge is 2.23. The molecule has 1 heterocycles. The minimum absolute atomic E-state index is 0.0416. The predicted molar refractivity (Wildman–Crippen MR) is 134 cm³/mol. The summed E-state index contributed by atoms with van der Waals surface area (Å²) in [7, 11) is 6.11. The Morgan fingerprint density at radius 2 is 1.61 bits per heavy atom. The number of aryl methyl sites for hydroxylation is 1. The Labute approximate surface area is 209 Å². The first kappa shape index (κ1) is 24.8. The van der Waals surface area contributed by atoms with Crippen LogP contribution in [0.5, 0.6) is 28.7 Å². The van der Waals surface area contributed by atoms with Gasteiger partial charge in [0.25, 0.3) is 11.8 Å². The molecule has 36 heavy (non-hydrogen) atoms. The van der Waals surface area contributed by atoms with Gasteiger partial charge < -0.3 is 29.6 Å². The van der Waals surface area contributed by atoms with Crippen LogP contribution < -0.4 is 29.6 Å². The third kappa shape index (κ3) is 5.35. The maximum absolute atomic E-state index is 13.1. The van der Waals surface area contributed by atoms with Crippen LogP contribution in [0.4, 0.5) is 0 Å². The van der Waals surface area contributed by atoms with Crippen molar-refractivity contribution in [2.45, 2.75) is 25.3 Å². The molecule has 1 aromatic heterocycles. The topological polar surface area (TPSA) is 108 Å². The van der Waals surface area contributed by atoms with Gasteiger partial charge in [-0.05, 0) is 60.7 Å². The number of methoxy groups -OCH3 is 3. The van der Waals surface area contributed by atoms with Crippen molar-refractivity contribution in [3.63, 3.8) is 0 Å². The highest BCUT2D eigenvalue weighted by Crippen LogP contribution is 2.38. The Kier molecular flexibility index (Phi) is 7.58. The first-order valence-corrected chi connectivity index (χ1v) is 11.5. The molecule has 1 aliphatic rings. The molecule has 1 unspecified atom stereocenters. The number of aromatic nitrogens is 1. The predicted octanol–water partition coefficient (Wildman–Crippen LogP) is 3.55. The molecule has 2 aromatic carbocycles. The van der Waals surface area contributed by atoms with E-state index in [4.69, 9.17) is 18.9 Å². The summed E-state index contributed by atoms with van der Waals surface area (Å²) in [5.41, 5.74) is 3.04. The van der Waals surface area contributed by atoms with Crippen LogP contribution in [0.3, 0.4) is 0 Å². The molecule has 0 spiro atoms. The smallest absolute Gasteiger partial charge is 0.269 e. The average molecular weight is 492 g/mol. The van der Waals surface area contributed by atoms with Gasteiger partial charge >= 0.3 is 0 Å². The average Bonchev–Trinajstić information content (AvgIpc) is 2.91. The van der Waals surface area contributed by atoms with E-state index in [0.717, 1.165) is 18.4 Å². The van der Waals surface area contributed by atoms with Crippen LogP contribution >= 0.6 is 0 Å². The summed E-state index contributed by atoms with van der Waals surface area (Å²) in [5, 5.41) is 5.68. The summed E-state index contributed by atoms with van der Waals surface area (Å²) in [6, 6.07) is 12.5. The third-order valence-electron chi connectivity index (χ3n) is 6.10. The van der Waals surface area contributed by atoms with E-state index < -0.39 is 0 Å². The lowest BCUT2D eigenvalue weighted by molar-refractivity contribution is 0.0930. The maximum atomic E-state index is 13.1. The Hall–Kier alpha value is -4.27. The second kappa shape index (κ2) is 11.0. The van der Waals surface area contributed by atoms with E-state index in [1.165, 1.54) is 33.1 Å². The number of carbonyl (C=O) groups excluding carboxylic acids is 2. The number of benzene rings is 2. The fourth-order valence-corrected chi connectivity index (χ4v) is 4.26. The van der Waals surface area contributed by atoms with Crippen LogP contribution in [-0.2, 0) is 12.8 Å². The number of ether oxygens (including phenoxy) is 4.